The molecule has 1 aliphatic heterocycles. The van der Waals surface area contributed by atoms with Gasteiger partial charge in [0.2, 0.25) is 0 Å². The normalized spacial score (nSPS) is 20.9. The Hall–Kier alpha value is -2.03. The van der Waals surface area contributed by atoms with Gasteiger partial charge < -0.3 is 5.32 Å². The number of hydrogen-bond acceptors (Lipinski definition) is 3. The van der Waals surface area contributed by atoms with Crippen molar-refractivity contribution in [1.29, 1.82) is 0 Å². The Balaban J connectivity index is 2.20. The van der Waals surface area contributed by atoms with Gasteiger partial charge in [-0.05, 0) is 49.5 Å². The second-order valence-corrected chi connectivity index (χ2v) is 9.03. The van der Waals surface area contributed by atoms with Crippen LogP contribution in [0.5, 0.6) is 0 Å². The Morgan fingerprint density at radius 3 is 2.24 bits per heavy atom. The fraction of sp³-hybridized carbons (Fsp3) is 0.500. The van der Waals surface area contributed by atoms with Gasteiger partial charge in [0.1, 0.15) is 0 Å². The number of urea groups is 1. The molecule has 0 bridgehead atoms. The minimum atomic E-state index is -4.52. The molecule has 0 atom stereocenters. The molecular weight excluding hydrogens is 405 g/mol. The number of benzene rings is 1. The minimum absolute atomic E-state index is 0.0816. The monoisotopic (exact) mass is 429 g/mol. The minimum Gasteiger partial charge on any atom is -0.337 e. The summed E-state index contributed by atoms with van der Waals surface area (Å²) >= 11 is 0. The number of nitrogens with zero attached hydrogens (tertiary/aromatic N) is 1. The maximum absolute atomic E-state index is 13.5. The summed E-state index contributed by atoms with van der Waals surface area (Å²) < 4.78 is 66.7. The SMILES string of the molecule is C[CH]C1=C(c2ccc(C(F)(F)F)cc2)S(=O)(=O)N(C(=O)NCC)C12CCCCC2. The van der Waals surface area contributed by atoms with E-state index in [0.29, 0.717) is 18.4 Å². The van der Waals surface area contributed by atoms with Gasteiger partial charge in [-0.25, -0.2) is 17.5 Å². The molecule has 1 N–H and O–H groups in total. The van der Waals surface area contributed by atoms with Gasteiger partial charge in [0.15, 0.2) is 0 Å². The summed E-state index contributed by atoms with van der Waals surface area (Å²) in [5.74, 6) is 0. The molecule has 1 aromatic carbocycles. The third-order valence-corrected chi connectivity index (χ3v) is 7.56. The summed E-state index contributed by atoms with van der Waals surface area (Å²) in [7, 11) is -4.23. The van der Waals surface area contributed by atoms with E-state index in [0.717, 1.165) is 47.8 Å². The number of halogens is 3. The molecule has 1 radical (unpaired) electrons. The number of carbonyl (C=O) groups is 1. The summed E-state index contributed by atoms with van der Waals surface area (Å²) in [6.07, 6.45) is 0.623. The molecular formula is C20H24F3N2O3S. The van der Waals surface area contributed by atoms with Crippen LogP contribution in [-0.2, 0) is 16.2 Å². The molecule has 1 aliphatic carbocycles. The number of rotatable bonds is 3. The van der Waals surface area contributed by atoms with Crippen molar-refractivity contribution in [2.75, 3.05) is 6.54 Å². The average Bonchev–Trinajstić information content (AvgIpc) is 2.84. The molecule has 0 saturated heterocycles. The number of nitrogens with one attached hydrogen (secondary N) is 1. The van der Waals surface area contributed by atoms with Crippen LogP contribution in [0.3, 0.4) is 0 Å². The van der Waals surface area contributed by atoms with Gasteiger partial charge >= 0.3 is 12.2 Å². The lowest BCUT2D eigenvalue weighted by molar-refractivity contribution is -0.137. The quantitative estimate of drug-likeness (QED) is 0.756. The van der Waals surface area contributed by atoms with E-state index in [1.54, 1.807) is 20.3 Å². The molecule has 0 unspecified atom stereocenters. The molecule has 2 aliphatic rings. The highest BCUT2D eigenvalue weighted by Gasteiger charge is 2.57. The first kappa shape index (κ1) is 21.7. The predicted octanol–water partition coefficient (Wildman–Crippen LogP) is 4.72. The van der Waals surface area contributed by atoms with E-state index < -0.39 is 33.3 Å². The third-order valence-electron chi connectivity index (χ3n) is 5.59. The van der Waals surface area contributed by atoms with E-state index in [1.807, 2.05) is 0 Å². The number of sulfonamides is 1. The zero-order chi connectivity index (χ0) is 21.4. The lowest BCUT2D eigenvalue weighted by Gasteiger charge is -2.41. The molecule has 2 amide bonds. The zero-order valence-electron chi connectivity index (χ0n) is 16.3. The van der Waals surface area contributed by atoms with Crippen LogP contribution < -0.4 is 5.32 Å². The third kappa shape index (κ3) is 3.53. The average molecular weight is 429 g/mol. The van der Waals surface area contributed by atoms with Gasteiger partial charge in [0.25, 0.3) is 10.0 Å². The number of hydrogen-bond donors (Lipinski definition) is 1. The predicted molar refractivity (Wildman–Crippen MR) is 104 cm³/mol. The molecule has 3 rings (SSSR count). The molecule has 29 heavy (non-hydrogen) atoms. The highest BCUT2D eigenvalue weighted by molar-refractivity contribution is 7.99. The van der Waals surface area contributed by atoms with E-state index in [-0.39, 0.29) is 17.0 Å². The van der Waals surface area contributed by atoms with E-state index in [1.165, 1.54) is 0 Å². The summed E-state index contributed by atoms with van der Waals surface area (Å²) in [6.45, 7) is 3.67. The van der Waals surface area contributed by atoms with Crippen LogP contribution in [0.1, 0.15) is 57.1 Å². The standard InChI is InChI=1S/C20H24F3N2O3S/c1-3-16-17(14-8-10-15(11-9-14)20(21,22)23)29(27,28)25(18(26)24-4-2)19(16)12-6-5-7-13-19/h3,8-11H,4-7,12-13H2,1-2H3,(H,24,26). The Morgan fingerprint density at radius 1 is 1.17 bits per heavy atom. The van der Waals surface area contributed by atoms with Crippen LogP contribution >= 0.6 is 0 Å². The maximum atomic E-state index is 13.5. The van der Waals surface area contributed by atoms with E-state index in [9.17, 15) is 26.4 Å². The summed E-state index contributed by atoms with van der Waals surface area (Å²) in [5.41, 5.74) is -1.21. The van der Waals surface area contributed by atoms with Crippen LogP contribution in [0, 0.1) is 6.42 Å². The van der Waals surface area contributed by atoms with Crippen molar-refractivity contribution < 1.29 is 26.4 Å². The van der Waals surface area contributed by atoms with Crippen LogP contribution in [0.25, 0.3) is 4.91 Å². The van der Waals surface area contributed by atoms with Gasteiger partial charge in [-0.15, -0.1) is 0 Å². The van der Waals surface area contributed by atoms with E-state index >= 15 is 0 Å². The second kappa shape index (κ2) is 7.66. The van der Waals surface area contributed by atoms with Crippen molar-refractivity contribution in [2.45, 2.75) is 57.7 Å². The molecule has 1 aromatic rings. The Bertz CT molecular complexity index is 915. The lowest BCUT2D eigenvalue weighted by Crippen LogP contribution is -2.55. The van der Waals surface area contributed by atoms with Crippen molar-refractivity contribution in [3.05, 3.63) is 47.4 Å². The molecule has 5 nitrogen and oxygen atoms in total. The molecule has 159 valence electrons. The number of amides is 2. The summed E-state index contributed by atoms with van der Waals surface area (Å²) in [5, 5.41) is 2.58. The highest BCUT2D eigenvalue weighted by Crippen LogP contribution is 2.52. The molecule has 1 saturated carbocycles. The van der Waals surface area contributed by atoms with E-state index in [2.05, 4.69) is 5.32 Å². The van der Waals surface area contributed by atoms with Crippen molar-refractivity contribution in [3.63, 3.8) is 0 Å². The Kier molecular flexibility index (Phi) is 5.73. The fourth-order valence-electron chi connectivity index (χ4n) is 4.43. The lowest BCUT2D eigenvalue weighted by atomic mass is 9.74. The maximum Gasteiger partial charge on any atom is 0.416 e. The topological polar surface area (TPSA) is 66.5 Å². The zero-order valence-corrected chi connectivity index (χ0v) is 17.2. The Labute approximate surface area is 169 Å². The first-order valence-corrected chi connectivity index (χ1v) is 11.1. The largest absolute Gasteiger partial charge is 0.416 e. The molecule has 1 spiro atoms. The van der Waals surface area contributed by atoms with Crippen molar-refractivity contribution >= 4 is 21.0 Å². The van der Waals surface area contributed by atoms with Crippen molar-refractivity contribution in [1.82, 2.24) is 9.62 Å². The van der Waals surface area contributed by atoms with Gasteiger partial charge in [-0.1, -0.05) is 38.3 Å². The van der Waals surface area contributed by atoms with Crippen LogP contribution in [0.15, 0.2) is 29.8 Å². The molecule has 1 fully saturated rings. The number of alkyl halides is 3. The first-order valence-electron chi connectivity index (χ1n) is 9.64. The fourth-order valence-corrected chi connectivity index (χ4v) is 6.66. The molecule has 1 heterocycles. The summed E-state index contributed by atoms with van der Waals surface area (Å²) in [6, 6.07) is 3.37. The molecule has 9 heteroatoms. The highest BCUT2D eigenvalue weighted by atomic mass is 32.2. The van der Waals surface area contributed by atoms with E-state index in [4.69, 9.17) is 0 Å². The van der Waals surface area contributed by atoms with Crippen LogP contribution in [-0.4, -0.2) is 30.8 Å². The second-order valence-electron chi connectivity index (χ2n) is 7.30. The van der Waals surface area contributed by atoms with Gasteiger partial charge in [-0.2, -0.15) is 13.2 Å². The van der Waals surface area contributed by atoms with Crippen molar-refractivity contribution in [3.8, 4) is 0 Å². The summed E-state index contributed by atoms with van der Waals surface area (Å²) in [4.78, 5) is 12.7. The van der Waals surface area contributed by atoms with Crippen LogP contribution in [0.4, 0.5) is 18.0 Å². The van der Waals surface area contributed by atoms with Gasteiger partial charge in [0, 0.05) is 6.54 Å². The molecule has 0 aromatic heterocycles. The smallest absolute Gasteiger partial charge is 0.337 e. The van der Waals surface area contributed by atoms with Gasteiger partial charge in [-0.3, -0.25) is 0 Å². The van der Waals surface area contributed by atoms with Gasteiger partial charge in [0.05, 0.1) is 16.0 Å². The van der Waals surface area contributed by atoms with Crippen LogP contribution in [0.2, 0.25) is 0 Å². The number of carbonyl (C=O) groups excluding carboxylic acids is 1. The first-order chi connectivity index (χ1) is 13.6. The Morgan fingerprint density at radius 2 is 1.76 bits per heavy atom. The van der Waals surface area contributed by atoms with Crippen molar-refractivity contribution in [2.24, 2.45) is 0 Å².